The van der Waals surface area contributed by atoms with Crippen molar-refractivity contribution in [3.05, 3.63) is 0 Å². The molecule has 2 heterocycles. The molecule has 4 heteroatoms. The Morgan fingerprint density at radius 1 is 1.11 bits per heavy atom. The summed E-state index contributed by atoms with van der Waals surface area (Å²) in [6.45, 7) is 10.0. The Labute approximate surface area is 109 Å². The molecule has 1 spiro atoms. The SMILES string of the molecule is CC(C)(C)CN1CCC(F)(F)C2(CCNCC2)C1. The number of piperidine rings is 2. The number of rotatable bonds is 1. The van der Waals surface area contributed by atoms with E-state index in [0.29, 0.717) is 25.9 Å². The summed E-state index contributed by atoms with van der Waals surface area (Å²) < 4.78 is 28.6. The maximum Gasteiger partial charge on any atom is 0.256 e. The molecule has 0 atom stereocenters. The highest BCUT2D eigenvalue weighted by molar-refractivity contribution is 5.01. The molecule has 0 aromatic rings. The van der Waals surface area contributed by atoms with Crippen LogP contribution in [0.25, 0.3) is 0 Å². The normalized spacial score (nSPS) is 28.5. The predicted molar refractivity (Wildman–Crippen MR) is 70.0 cm³/mol. The summed E-state index contributed by atoms with van der Waals surface area (Å²) in [7, 11) is 0. The Hall–Kier alpha value is -0.220. The third-order valence-corrected chi connectivity index (χ3v) is 4.30. The maximum atomic E-state index is 14.3. The standard InChI is InChI=1S/C14H26F2N2/c1-12(2,3)10-18-9-6-14(15,16)13(11-18)4-7-17-8-5-13/h17H,4-11H2,1-3H3. The molecular formula is C14H26F2N2. The molecule has 0 aromatic carbocycles. The first-order valence-corrected chi connectivity index (χ1v) is 7.05. The van der Waals surface area contributed by atoms with Gasteiger partial charge in [0.1, 0.15) is 0 Å². The molecule has 2 aliphatic heterocycles. The van der Waals surface area contributed by atoms with Gasteiger partial charge in [-0.2, -0.15) is 0 Å². The highest BCUT2D eigenvalue weighted by Crippen LogP contribution is 2.49. The second-order valence-electron chi connectivity index (χ2n) is 7.26. The van der Waals surface area contributed by atoms with Crippen molar-refractivity contribution in [2.75, 3.05) is 32.7 Å². The van der Waals surface area contributed by atoms with E-state index in [1.807, 2.05) is 0 Å². The minimum Gasteiger partial charge on any atom is -0.317 e. The van der Waals surface area contributed by atoms with Crippen LogP contribution in [-0.2, 0) is 0 Å². The van der Waals surface area contributed by atoms with E-state index in [0.717, 1.165) is 19.6 Å². The molecule has 0 amide bonds. The Kier molecular flexibility index (Phi) is 3.72. The largest absolute Gasteiger partial charge is 0.317 e. The van der Waals surface area contributed by atoms with E-state index in [-0.39, 0.29) is 11.8 Å². The van der Waals surface area contributed by atoms with Gasteiger partial charge in [0.05, 0.1) is 0 Å². The van der Waals surface area contributed by atoms with Crippen molar-refractivity contribution in [2.24, 2.45) is 10.8 Å². The molecule has 2 nitrogen and oxygen atoms in total. The minimum absolute atomic E-state index is 0.0308. The van der Waals surface area contributed by atoms with Crippen molar-refractivity contribution in [2.45, 2.75) is 46.0 Å². The number of nitrogens with zero attached hydrogens (tertiary/aromatic N) is 1. The third kappa shape index (κ3) is 2.85. The van der Waals surface area contributed by atoms with Crippen LogP contribution in [0.4, 0.5) is 8.78 Å². The number of nitrogens with one attached hydrogen (secondary N) is 1. The van der Waals surface area contributed by atoms with Crippen LogP contribution in [0.3, 0.4) is 0 Å². The molecule has 2 fully saturated rings. The molecule has 0 aromatic heterocycles. The quantitative estimate of drug-likeness (QED) is 0.780. The smallest absolute Gasteiger partial charge is 0.256 e. The van der Waals surface area contributed by atoms with E-state index in [2.05, 4.69) is 31.0 Å². The average Bonchev–Trinajstić information content (AvgIpc) is 2.24. The summed E-state index contributed by atoms with van der Waals surface area (Å²) in [5, 5.41) is 3.21. The molecule has 2 saturated heterocycles. The first-order chi connectivity index (χ1) is 8.24. The lowest BCUT2D eigenvalue weighted by Gasteiger charge is -2.51. The van der Waals surface area contributed by atoms with E-state index < -0.39 is 11.3 Å². The molecule has 0 bridgehead atoms. The highest BCUT2D eigenvalue weighted by Gasteiger charge is 2.56. The van der Waals surface area contributed by atoms with Crippen LogP contribution < -0.4 is 5.32 Å². The number of likely N-dealkylation sites (tertiary alicyclic amines) is 1. The fourth-order valence-corrected chi connectivity index (χ4v) is 3.42. The van der Waals surface area contributed by atoms with E-state index >= 15 is 0 Å². The molecule has 0 radical (unpaired) electrons. The summed E-state index contributed by atoms with van der Waals surface area (Å²) in [6, 6.07) is 0. The van der Waals surface area contributed by atoms with E-state index in [1.54, 1.807) is 0 Å². The molecule has 2 aliphatic rings. The number of halogens is 2. The summed E-state index contributed by atoms with van der Waals surface area (Å²) >= 11 is 0. The van der Waals surface area contributed by atoms with Crippen molar-refractivity contribution >= 4 is 0 Å². The van der Waals surface area contributed by atoms with Crippen molar-refractivity contribution < 1.29 is 8.78 Å². The second-order valence-corrected chi connectivity index (χ2v) is 7.26. The average molecular weight is 260 g/mol. The van der Waals surface area contributed by atoms with Crippen LogP contribution >= 0.6 is 0 Å². The third-order valence-electron chi connectivity index (χ3n) is 4.30. The predicted octanol–water partition coefficient (Wildman–Crippen LogP) is 2.74. The molecule has 0 aliphatic carbocycles. The zero-order valence-corrected chi connectivity index (χ0v) is 11.9. The molecule has 0 unspecified atom stereocenters. The zero-order chi connectivity index (χ0) is 13.4. The minimum atomic E-state index is -2.48. The van der Waals surface area contributed by atoms with Crippen LogP contribution in [0.15, 0.2) is 0 Å². The maximum absolute atomic E-state index is 14.3. The molecule has 106 valence electrons. The van der Waals surface area contributed by atoms with Gasteiger partial charge in [-0.05, 0) is 31.3 Å². The number of hydrogen-bond acceptors (Lipinski definition) is 2. The first kappa shape index (κ1) is 14.2. The molecular weight excluding hydrogens is 234 g/mol. The lowest BCUT2D eigenvalue weighted by molar-refractivity contribution is -0.180. The van der Waals surface area contributed by atoms with E-state index in [1.165, 1.54) is 0 Å². The lowest BCUT2D eigenvalue weighted by atomic mass is 9.69. The van der Waals surface area contributed by atoms with Gasteiger partial charge in [-0.25, -0.2) is 8.78 Å². The summed E-state index contributed by atoms with van der Waals surface area (Å²) in [5.74, 6) is -2.48. The molecule has 0 saturated carbocycles. The summed E-state index contributed by atoms with van der Waals surface area (Å²) in [4.78, 5) is 2.25. The Balaban J connectivity index is 2.09. The lowest BCUT2D eigenvalue weighted by Crippen LogP contribution is -2.60. The van der Waals surface area contributed by atoms with Crippen molar-refractivity contribution in [1.82, 2.24) is 10.2 Å². The van der Waals surface area contributed by atoms with E-state index in [9.17, 15) is 8.78 Å². The van der Waals surface area contributed by atoms with Crippen molar-refractivity contribution in [1.29, 1.82) is 0 Å². The van der Waals surface area contributed by atoms with Gasteiger partial charge in [0, 0.05) is 31.5 Å². The van der Waals surface area contributed by atoms with Crippen LogP contribution in [0.2, 0.25) is 0 Å². The summed E-state index contributed by atoms with van der Waals surface area (Å²) in [5.41, 5.74) is -0.595. The topological polar surface area (TPSA) is 15.3 Å². The number of alkyl halides is 2. The van der Waals surface area contributed by atoms with Crippen LogP contribution in [-0.4, -0.2) is 43.5 Å². The van der Waals surface area contributed by atoms with Crippen molar-refractivity contribution in [3.63, 3.8) is 0 Å². The van der Waals surface area contributed by atoms with Crippen LogP contribution in [0.5, 0.6) is 0 Å². The molecule has 2 rings (SSSR count). The first-order valence-electron chi connectivity index (χ1n) is 7.05. The van der Waals surface area contributed by atoms with Crippen LogP contribution in [0.1, 0.15) is 40.0 Å². The van der Waals surface area contributed by atoms with Gasteiger partial charge in [0.2, 0.25) is 0 Å². The summed E-state index contributed by atoms with van der Waals surface area (Å²) in [6.07, 6.45) is 1.25. The molecule has 1 N–H and O–H groups in total. The number of hydrogen-bond donors (Lipinski definition) is 1. The Bertz CT molecular complexity index is 291. The van der Waals surface area contributed by atoms with Gasteiger partial charge >= 0.3 is 0 Å². The Morgan fingerprint density at radius 3 is 2.28 bits per heavy atom. The van der Waals surface area contributed by atoms with Crippen LogP contribution in [0, 0.1) is 10.8 Å². The van der Waals surface area contributed by atoms with Gasteiger partial charge in [0.15, 0.2) is 0 Å². The van der Waals surface area contributed by atoms with Crippen molar-refractivity contribution in [3.8, 4) is 0 Å². The van der Waals surface area contributed by atoms with E-state index in [4.69, 9.17) is 0 Å². The Morgan fingerprint density at radius 2 is 1.72 bits per heavy atom. The van der Waals surface area contributed by atoms with Gasteiger partial charge in [-0.1, -0.05) is 20.8 Å². The van der Waals surface area contributed by atoms with Gasteiger partial charge in [-0.3, -0.25) is 0 Å². The van der Waals surface area contributed by atoms with Gasteiger partial charge in [0.25, 0.3) is 5.92 Å². The fourth-order valence-electron chi connectivity index (χ4n) is 3.42. The van der Waals surface area contributed by atoms with Gasteiger partial charge in [-0.15, -0.1) is 0 Å². The van der Waals surface area contributed by atoms with Gasteiger partial charge < -0.3 is 10.2 Å². The monoisotopic (exact) mass is 260 g/mol. The molecule has 18 heavy (non-hydrogen) atoms. The fraction of sp³-hybridized carbons (Fsp3) is 1.00. The second kappa shape index (κ2) is 4.71. The zero-order valence-electron chi connectivity index (χ0n) is 11.9. The highest BCUT2D eigenvalue weighted by atomic mass is 19.3.